The summed E-state index contributed by atoms with van der Waals surface area (Å²) in [5.41, 5.74) is 9.09. The van der Waals surface area contributed by atoms with E-state index in [1.807, 2.05) is 18.6 Å². The van der Waals surface area contributed by atoms with Crippen LogP contribution < -0.4 is 4.74 Å². The second-order valence-corrected chi connectivity index (χ2v) is 13.3. The van der Waals surface area contributed by atoms with Crippen LogP contribution in [0.2, 0.25) is 0 Å². The van der Waals surface area contributed by atoms with E-state index in [1.165, 1.54) is 28.1 Å². The second kappa shape index (κ2) is 12.8. The molecule has 0 saturated heterocycles. The lowest BCUT2D eigenvalue weighted by molar-refractivity contribution is 0.346. The molecule has 0 saturated carbocycles. The van der Waals surface area contributed by atoms with Crippen LogP contribution in [0.3, 0.4) is 0 Å². The minimum Gasteiger partial charge on any atom is -0.467 e. The molecule has 6 heteroatoms. The lowest BCUT2D eigenvalue weighted by atomic mass is 9.70. The zero-order valence-corrected chi connectivity index (χ0v) is 27.1. The predicted octanol–water partition coefficient (Wildman–Crippen LogP) is 8.10. The Kier molecular flexibility index (Phi) is 10.2. The Balaban J connectivity index is 1.93. The van der Waals surface area contributed by atoms with Gasteiger partial charge >= 0.3 is 6.01 Å². The maximum atomic E-state index is 5.16. The molecular formula is C34H53N5O. The molecule has 0 aliphatic heterocycles. The average Bonchev–Trinajstić information content (AvgIpc) is 3.18. The first-order valence-electron chi connectivity index (χ1n) is 15.1. The highest BCUT2D eigenvalue weighted by molar-refractivity contribution is 5.42. The van der Waals surface area contributed by atoms with Crippen LogP contribution in [-0.2, 0) is 29.7 Å². The van der Waals surface area contributed by atoms with E-state index in [2.05, 4.69) is 90.1 Å². The van der Waals surface area contributed by atoms with Crippen LogP contribution in [0.5, 0.6) is 6.01 Å². The Morgan fingerprint density at radius 3 is 2.10 bits per heavy atom. The molecule has 1 unspecified atom stereocenters. The van der Waals surface area contributed by atoms with Gasteiger partial charge < -0.3 is 4.74 Å². The SMILES string of the molecule is CCCC(C)(C)c1c(Cc2c(C(C)(CCC)CCCC(C)(C)c3cnc(OC)nc3)ccnc2C)nn(C)c1C. The van der Waals surface area contributed by atoms with Gasteiger partial charge in [-0.2, -0.15) is 5.10 Å². The zero-order valence-electron chi connectivity index (χ0n) is 27.1. The number of aryl methyl sites for hydroxylation is 2. The summed E-state index contributed by atoms with van der Waals surface area (Å²) in [6.45, 7) is 20.8. The molecule has 0 amide bonds. The normalized spacial score (nSPS) is 13.9. The topological polar surface area (TPSA) is 65.7 Å². The smallest absolute Gasteiger partial charge is 0.316 e. The highest BCUT2D eigenvalue weighted by atomic mass is 16.5. The lowest BCUT2D eigenvalue weighted by Gasteiger charge is -2.34. The number of nitrogens with zero attached hydrogens (tertiary/aromatic N) is 5. The summed E-state index contributed by atoms with van der Waals surface area (Å²) in [6, 6.07) is 2.70. The molecule has 0 aliphatic carbocycles. The summed E-state index contributed by atoms with van der Waals surface area (Å²) in [6.07, 6.45) is 14.5. The van der Waals surface area contributed by atoms with Gasteiger partial charge in [-0.25, -0.2) is 9.97 Å². The zero-order chi connectivity index (χ0) is 29.7. The van der Waals surface area contributed by atoms with Crippen molar-refractivity contribution in [3.63, 3.8) is 0 Å². The van der Waals surface area contributed by atoms with Crippen molar-refractivity contribution >= 4 is 0 Å². The molecular weight excluding hydrogens is 494 g/mol. The van der Waals surface area contributed by atoms with Crippen molar-refractivity contribution in [2.24, 2.45) is 7.05 Å². The molecule has 6 nitrogen and oxygen atoms in total. The summed E-state index contributed by atoms with van der Waals surface area (Å²) >= 11 is 0. The van der Waals surface area contributed by atoms with Crippen LogP contribution >= 0.6 is 0 Å². The molecule has 3 aromatic rings. The summed E-state index contributed by atoms with van der Waals surface area (Å²) in [4.78, 5) is 13.5. The van der Waals surface area contributed by atoms with E-state index in [1.54, 1.807) is 7.11 Å². The standard InChI is InChI=1S/C34H53N5O/c1-12-16-33(7,8)30-25(4)39(10)38-29(30)21-27-24(3)35-20-15-28(27)34(9,17-13-2)19-14-18-32(5,6)26-22-36-31(40-11)37-23-26/h15,20,22-23H,12-14,16-19,21H2,1-11H3. The van der Waals surface area contributed by atoms with E-state index in [-0.39, 0.29) is 16.2 Å². The molecule has 0 N–H and O–H groups in total. The molecule has 3 heterocycles. The Morgan fingerprint density at radius 1 is 0.850 bits per heavy atom. The summed E-state index contributed by atoms with van der Waals surface area (Å²) < 4.78 is 7.23. The van der Waals surface area contributed by atoms with E-state index in [9.17, 15) is 0 Å². The molecule has 40 heavy (non-hydrogen) atoms. The first-order chi connectivity index (χ1) is 18.8. The molecule has 0 fully saturated rings. The third-order valence-corrected chi connectivity index (χ3v) is 9.15. The van der Waals surface area contributed by atoms with Crippen LogP contribution in [0, 0.1) is 13.8 Å². The van der Waals surface area contributed by atoms with Gasteiger partial charge in [-0.05, 0) is 78.5 Å². The number of hydrogen-bond donors (Lipinski definition) is 0. The molecule has 0 aliphatic rings. The maximum Gasteiger partial charge on any atom is 0.316 e. The maximum absolute atomic E-state index is 5.16. The molecule has 0 spiro atoms. The number of methoxy groups -OCH3 is 1. The Hall–Kier alpha value is -2.76. The van der Waals surface area contributed by atoms with Crippen molar-refractivity contribution in [1.29, 1.82) is 0 Å². The van der Waals surface area contributed by atoms with Crippen LogP contribution in [-0.4, -0.2) is 31.8 Å². The largest absolute Gasteiger partial charge is 0.467 e. The molecule has 0 aromatic carbocycles. The van der Waals surface area contributed by atoms with Gasteiger partial charge in [0.1, 0.15) is 0 Å². The minimum atomic E-state index is -0.0123. The van der Waals surface area contributed by atoms with Crippen LogP contribution in [0.15, 0.2) is 24.7 Å². The number of aromatic nitrogens is 5. The number of hydrogen-bond acceptors (Lipinski definition) is 5. The summed E-state index contributed by atoms with van der Waals surface area (Å²) in [7, 11) is 3.68. The predicted molar refractivity (Wildman–Crippen MR) is 165 cm³/mol. The van der Waals surface area contributed by atoms with Crippen LogP contribution in [0.1, 0.15) is 133 Å². The minimum absolute atomic E-state index is 0.0123. The highest BCUT2D eigenvalue weighted by Crippen LogP contribution is 2.41. The van der Waals surface area contributed by atoms with Gasteiger partial charge in [0, 0.05) is 49.0 Å². The third-order valence-electron chi connectivity index (χ3n) is 9.15. The Labute approximate surface area is 243 Å². The molecule has 0 radical (unpaired) electrons. The van der Waals surface area contributed by atoms with E-state index in [4.69, 9.17) is 14.8 Å². The second-order valence-electron chi connectivity index (χ2n) is 13.3. The molecule has 3 aromatic heterocycles. The summed E-state index contributed by atoms with van der Waals surface area (Å²) in [5.74, 6) is 0. The highest BCUT2D eigenvalue weighted by Gasteiger charge is 2.33. The van der Waals surface area contributed by atoms with Gasteiger partial charge in [-0.15, -0.1) is 0 Å². The molecule has 3 rings (SSSR count). The van der Waals surface area contributed by atoms with E-state index in [0.717, 1.165) is 62.6 Å². The van der Waals surface area contributed by atoms with Gasteiger partial charge in [-0.3, -0.25) is 9.67 Å². The molecule has 220 valence electrons. The van der Waals surface area contributed by atoms with E-state index >= 15 is 0 Å². The van der Waals surface area contributed by atoms with E-state index < -0.39 is 0 Å². The van der Waals surface area contributed by atoms with Gasteiger partial charge in [-0.1, -0.05) is 67.7 Å². The summed E-state index contributed by atoms with van der Waals surface area (Å²) in [5, 5.41) is 5.07. The quantitative estimate of drug-likeness (QED) is 0.204. The van der Waals surface area contributed by atoms with Gasteiger partial charge in [0.25, 0.3) is 0 Å². The van der Waals surface area contributed by atoms with E-state index in [0.29, 0.717) is 6.01 Å². The first-order valence-corrected chi connectivity index (χ1v) is 15.1. The Bertz CT molecular complexity index is 1260. The number of ether oxygens (including phenoxy) is 1. The Morgan fingerprint density at radius 2 is 1.50 bits per heavy atom. The number of pyridine rings is 1. The van der Waals surface area contributed by atoms with Crippen molar-refractivity contribution in [1.82, 2.24) is 24.7 Å². The van der Waals surface area contributed by atoms with Gasteiger partial charge in [0.2, 0.25) is 0 Å². The fourth-order valence-electron chi connectivity index (χ4n) is 6.77. The first kappa shape index (κ1) is 31.8. The van der Waals surface area contributed by atoms with Crippen LogP contribution in [0.25, 0.3) is 0 Å². The van der Waals surface area contributed by atoms with Crippen molar-refractivity contribution in [3.05, 3.63) is 64.0 Å². The third kappa shape index (κ3) is 6.92. The number of rotatable bonds is 14. The van der Waals surface area contributed by atoms with Crippen molar-refractivity contribution < 1.29 is 4.74 Å². The fourth-order valence-corrected chi connectivity index (χ4v) is 6.77. The van der Waals surface area contributed by atoms with Crippen LogP contribution in [0.4, 0.5) is 0 Å². The fraction of sp³-hybridized carbons (Fsp3) is 0.647. The van der Waals surface area contributed by atoms with Gasteiger partial charge in [0.15, 0.2) is 0 Å². The average molecular weight is 548 g/mol. The molecule has 0 bridgehead atoms. The van der Waals surface area contributed by atoms with Crippen molar-refractivity contribution in [2.45, 2.75) is 130 Å². The monoisotopic (exact) mass is 547 g/mol. The van der Waals surface area contributed by atoms with Crippen molar-refractivity contribution in [3.8, 4) is 6.01 Å². The van der Waals surface area contributed by atoms with Crippen molar-refractivity contribution in [2.75, 3.05) is 7.11 Å². The molecule has 1 atom stereocenters. The van der Waals surface area contributed by atoms with Gasteiger partial charge in [0.05, 0.1) is 12.8 Å². The lowest BCUT2D eigenvalue weighted by Crippen LogP contribution is -2.26.